The Labute approximate surface area is 155 Å². The van der Waals surface area contributed by atoms with Gasteiger partial charge in [0, 0.05) is 16.6 Å². The van der Waals surface area contributed by atoms with Crippen molar-refractivity contribution in [2.45, 2.75) is 0 Å². The Kier molecular flexibility index (Phi) is 5.01. The molecule has 0 bridgehead atoms. The normalized spacial score (nSPS) is 10.3. The van der Waals surface area contributed by atoms with E-state index in [0.717, 1.165) is 0 Å². The number of nitrogens with zero attached hydrogens (tertiary/aromatic N) is 2. The number of nitriles is 1. The second-order valence-corrected chi connectivity index (χ2v) is 5.76. The second-order valence-electron chi connectivity index (χ2n) is 5.33. The average Bonchev–Trinajstić information content (AvgIpc) is 2.67. The molecule has 2 aromatic carbocycles. The van der Waals surface area contributed by atoms with Gasteiger partial charge in [-0.2, -0.15) is 5.26 Å². The Morgan fingerprint density at radius 2 is 1.77 bits per heavy atom. The largest absolute Gasteiger partial charge is 0.495 e. The molecular formula is C19H16ClN3O3. The van der Waals surface area contributed by atoms with Gasteiger partial charge in [0.05, 0.1) is 38.3 Å². The lowest BCUT2D eigenvalue weighted by Crippen LogP contribution is -2.00. The molecule has 0 amide bonds. The van der Waals surface area contributed by atoms with Crippen molar-refractivity contribution in [1.29, 1.82) is 5.26 Å². The zero-order valence-corrected chi connectivity index (χ0v) is 15.2. The monoisotopic (exact) mass is 369 g/mol. The van der Waals surface area contributed by atoms with Crippen molar-refractivity contribution >= 4 is 33.9 Å². The molecular weight excluding hydrogens is 354 g/mol. The predicted molar refractivity (Wildman–Crippen MR) is 101 cm³/mol. The van der Waals surface area contributed by atoms with Crippen molar-refractivity contribution in [1.82, 2.24) is 4.98 Å². The molecule has 1 aromatic heterocycles. The highest BCUT2D eigenvalue weighted by Crippen LogP contribution is 2.40. The third-order valence-corrected chi connectivity index (χ3v) is 4.16. The van der Waals surface area contributed by atoms with Crippen LogP contribution in [0.2, 0.25) is 5.02 Å². The minimum atomic E-state index is 0.381. The molecule has 0 spiro atoms. The van der Waals surface area contributed by atoms with Gasteiger partial charge in [-0.25, -0.2) is 0 Å². The number of fused-ring (bicyclic) bond motifs is 1. The van der Waals surface area contributed by atoms with Crippen LogP contribution in [0.1, 0.15) is 5.56 Å². The predicted octanol–water partition coefficient (Wildman–Crippen LogP) is 4.53. The van der Waals surface area contributed by atoms with E-state index in [1.807, 2.05) is 6.07 Å². The Bertz CT molecular complexity index is 1020. The number of pyridine rings is 1. The first-order valence-corrected chi connectivity index (χ1v) is 8.05. The van der Waals surface area contributed by atoms with Crippen LogP contribution >= 0.6 is 11.6 Å². The highest BCUT2D eigenvalue weighted by atomic mass is 35.5. The Morgan fingerprint density at radius 3 is 2.42 bits per heavy atom. The number of hydrogen-bond acceptors (Lipinski definition) is 6. The maximum Gasteiger partial charge on any atom is 0.187 e. The topological polar surface area (TPSA) is 76.4 Å². The molecule has 0 aliphatic carbocycles. The molecule has 132 valence electrons. The van der Waals surface area contributed by atoms with Gasteiger partial charge in [-0.05, 0) is 30.3 Å². The molecule has 3 rings (SSSR count). The first-order chi connectivity index (χ1) is 12.6. The van der Waals surface area contributed by atoms with E-state index >= 15 is 0 Å². The summed E-state index contributed by atoms with van der Waals surface area (Å²) in [6, 6.07) is 11.0. The summed E-state index contributed by atoms with van der Waals surface area (Å²) in [6.07, 6.45) is 1.49. The minimum absolute atomic E-state index is 0.381. The smallest absolute Gasteiger partial charge is 0.187 e. The highest BCUT2D eigenvalue weighted by molar-refractivity contribution is 6.31. The molecule has 0 atom stereocenters. The van der Waals surface area contributed by atoms with Crippen molar-refractivity contribution in [3.8, 4) is 23.3 Å². The van der Waals surface area contributed by atoms with E-state index in [-0.39, 0.29) is 0 Å². The third-order valence-electron chi connectivity index (χ3n) is 3.92. The molecule has 1 N–H and O–H groups in total. The lowest BCUT2D eigenvalue weighted by Gasteiger charge is -2.16. The van der Waals surface area contributed by atoms with E-state index < -0.39 is 0 Å². The fraction of sp³-hybridized carbons (Fsp3) is 0.158. The molecule has 0 aliphatic rings. The minimum Gasteiger partial charge on any atom is -0.495 e. The van der Waals surface area contributed by atoms with Gasteiger partial charge in [0.25, 0.3) is 0 Å². The van der Waals surface area contributed by atoms with Gasteiger partial charge >= 0.3 is 0 Å². The summed E-state index contributed by atoms with van der Waals surface area (Å²) < 4.78 is 16.1. The van der Waals surface area contributed by atoms with Crippen LogP contribution in [0.15, 0.2) is 36.5 Å². The maximum absolute atomic E-state index is 9.52. The van der Waals surface area contributed by atoms with E-state index in [1.54, 1.807) is 45.6 Å². The van der Waals surface area contributed by atoms with Gasteiger partial charge in [-0.1, -0.05) is 11.6 Å². The first-order valence-electron chi connectivity index (χ1n) is 7.67. The van der Waals surface area contributed by atoms with Gasteiger partial charge in [0.1, 0.15) is 17.3 Å². The summed E-state index contributed by atoms with van der Waals surface area (Å²) in [7, 11) is 4.67. The number of nitrogens with one attached hydrogen (secondary N) is 1. The van der Waals surface area contributed by atoms with Gasteiger partial charge in [-0.3, -0.25) is 4.98 Å². The standard InChI is InChI=1S/C19H16ClN3O3/c1-24-15-6-4-12(20)8-14(15)23-17-11(9-21)10-22-18-13(17)5-7-16(25-2)19(18)26-3/h4-8,10H,1-3H3,(H,22,23). The molecule has 7 heteroatoms. The number of ether oxygens (including phenoxy) is 3. The Balaban J connectivity index is 2.25. The number of aromatic nitrogens is 1. The maximum atomic E-state index is 9.52. The number of hydrogen-bond donors (Lipinski definition) is 1. The zero-order valence-electron chi connectivity index (χ0n) is 14.5. The molecule has 26 heavy (non-hydrogen) atoms. The van der Waals surface area contributed by atoms with Crippen molar-refractivity contribution in [3.05, 3.63) is 47.1 Å². The Morgan fingerprint density at radius 1 is 1.04 bits per heavy atom. The van der Waals surface area contributed by atoms with Crippen molar-refractivity contribution in [3.63, 3.8) is 0 Å². The lowest BCUT2D eigenvalue weighted by molar-refractivity contribution is 0.358. The molecule has 6 nitrogen and oxygen atoms in total. The van der Waals surface area contributed by atoms with Gasteiger partial charge < -0.3 is 19.5 Å². The van der Waals surface area contributed by atoms with Crippen LogP contribution in [0.3, 0.4) is 0 Å². The van der Waals surface area contributed by atoms with Crippen LogP contribution in [-0.2, 0) is 0 Å². The van der Waals surface area contributed by atoms with Crippen molar-refractivity contribution in [2.75, 3.05) is 26.6 Å². The molecule has 0 fully saturated rings. The van der Waals surface area contributed by atoms with Gasteiger partial charge in [0.15, 0.2) is 11.5 Å². The van der Waals surface area contributed by atoms with Crippen molar-refractivity contribution in [2.24, 2.45) is 0 Å². The highest BCUT2D eigenvalue weighted by Gasteiger charge is 2.17. The number of benzene rings is 2. The molecule has 0 unspecified atom stereocenters. The Hall–Kier alpha value is -3.17. The summed E-state index contributed by atoms with van der Waals surface area (Å²) in [4.78, 5) is 4.37. The summed E-state index contributed by atoms with van der Waals surface area (Å²) in [5.41, 5.74) is 2.18. The quantitative estimate of drug-likeness (QED) is 0.712. The van der Waals surface area contributed by atoms with Crippen LogP contribution in [0.25, 0.3) is 10.9 Å². The number of rotatable bonds is 5. The summed E-state index contributed by atoms with van der Waals surface area (Å²) in [6.45, 7) is 0. The lowest BCUT2D eigenvalue weighted by atomic mass is 10.1. The van der Waals surface area contributed by atoms with Crippen LogP contribution in [0.5, 0.6) is 17.2 Å². The first kappa shape index (κ1) is 17.6. The van der Waals surface area contributed by atoms with Crippen molar-refractivity contribution < 1.29 is 14.2 Å². The summed E-state index contributed by atoms with van der Waals surface area (Å²) in [5, 5.41) is 14.0. The molecule has 0 saturated carbocycles. The SMILES string of the molecule is COc1ccc(Cl)cc1Nc1c(C#N)cnc2c(OC)c(OC)ccc12. The van der Waals surface area contributed by atoms with E-state index in [4.69, 9.17) is 25.8 Å². The van der Waals surface area contributed by atoms with Crippen LogP contribution < -0.4 is 19.5 Å². The molecule has 0 saturated heterocycles. The van der Waals surface area contributed by atoms with Crippen LogP contribution in [0.4, 0.5) is 11.4 Å². The van der Waals surface area contributed by atoms with Crippen LogP contribution in [0, 0.1) is 11.3 Å². The number of anilines is 2. The summed E-state index contributed by atoms with van der Waals surface area (Å²) in [5.74, 6) is 1.66. The zero-order chi connectivity index (χ0) is 18.7. The molecule has 0 radical (unpaired) electrons. The summed E-state index contributed by atoms with van der Waals surface area (Å²) >= 11 is 6.11. The molecule has 1 heterocycles. The van der Waals surface area contributed by atoms with E-state index in [9.17, 15) is 5.26 Å². The number of halogens is 1. The van der Waals surface area contributed by atoms with E-state index in [2.05, 4.69) is 16.4 Å². The van der Waals surface area contributed by atoms with E-state index in [0.29, 0.717) is 50.1 Å². The third kappa shape index (κ3) is 3.05. The second kappa shape index (κ2) is 7.38. The fourth-order valence-corrected chi connectivity index (χ4v) is 2.88. The van der Waals surface area contributed by atoms with E-state index in [1.165, 1.54) is 6.20 Å². The average molecular weight is 370 g/mol. The van der Waals surface area contributed by atoms with Gasteiger partial charge in [-0.15, -0.1) is 0 Å². The number of methoxy groups -OCH3 is 3. The molecule has 0 aliphatic heterocycles. The van der Waals surface area contributed by atoms with Crippen LogP contribution in [-0.4, -0.2) is 26.3 Å². The van der Waals surface area contributed by atoms with Gasteiger partial charge in [0.2, 0.25) is 0 Å². The fourth-order valence-electron chi connectivity index (χ4n) is 2.71. The molecule has 3 aromatic rings.